The number of H-pyrrole nitrogens is 1. The Hall–Kier alpha value is -2.11. The first-order chi connectivity index (χ1) is 8.76. The van der Waals surface area contributed by atoms with Gasteiger partial charge in [0.05, 0.1) is 0 Å². The summed E-state index contributed by atoms with van der Waals surface area (Å²) in [5.74, 6) is -0.493. The zero-order valence-electron chi connectivity index (χ0n) is 11.3. The molecular weight excluding hydrogens is 249 g/mol. The molecule has 1 aromatic heterocycles. The van der Waals surface area contributed by atoms with Crippen LogP contribution in [0.2, 0.25) is 0 Å². The number of carbonyl (C=O) groups excluding carboxylic acids is 1. The van der Waals surface area contributed by atoms with E-state index < -0.39 is 17.5 Å². The van der Waals surface area contributed by atoms with Crippen LogP contribution in [0.3, 0.4) is 0 Å². The van der Waals surface area contributed by atoms with Gasteiger partial charge < -0.3 is 4.74 Å². The summed E-state index contributed by atoms with van der Waals surface area (Å²) in [6, 6.07) is 2.87. The molecule has 0 aliphatic heterocycles. The number of benzene rings is 1. The molecule has 6 heteroatoms. The minimum atomic E-state index is -0.618. The largest absolute Gasteiger partial charge is 0.444 e. The number of ether oxygens (including phenoxy) is 1. The van der Waals surface area contributed by atoms with Crippen molar-refractivity contribution in [2.24, 2.45) is 0 Å². The van der Waals surface area contributed by atoms with Crippen LogP contribution in [0.15, 0.2) is 12.1 Å². The van der Waals surface area contributed by atoms with Gasteiger partial charge in [0, 0.05) is 16.8 Å². The highest BCUT2D eigenvalue weighted by molar-refractivity contribution is 5.91. The lowest BCUT2D eigenvalue weighted by Crippen LogP contribution is -2.27. The average molecular weight is 265 g/mol. The molecule has 0 radical (unpaired) electrons. The molecule has 0 aliphatic rings. The molecule has 19 heavy (non-hydrogen) atoms. The highest BCUT2D eigenvalue weighted by atomic mass is 19.1. The van der Waals surface area contributed by atoms with E-state index in [1.54, 1.807) is 33.8 Å². The number of anilines is 1. The first-order valence-corrected chi connectivity index (χ1v) is 5.90. The molecule has 1 heterocycles. The van der Waals surface area contributed by atoms with Crippen LogP contribution in [0, 0.1) is 12.7 Å². The Morgan fingerprint density at radius 1 is 1.42 bits per heavy atom. The summed E-state index contributed by atoms with van der Waals surface area (Å²) in [5.41, 5.74) is 0.732. The molecule has 0 bridgehead atoms. The molecule has 0 spiro atoms. The average Bonchev–Trinajstić information content (AvgIpc) is 2.58. The smallest absolute Gasteiger partial charge is 0.412 e. The maximum atomic E-state index is 13.8. The van der Waals surface area contributed by atoms with Gasteiger partial charge in [-0.1, -0.05) is 0 Å². The van der Waals surface area contributed by atoms with Crippen LogP contribution >= 0.6 is 0 Å². The summed E-state index contributed by atoms with van der Waals surface area (Å²) in [6.07, 6.45) is -0.618. The fourth-order valence-corrected chi connectivity index (χ4v) is 1.69. The van der Waals surface area contributed by atoms with Crippen molar-refractivity contribution in [3.63, 3.8) is 0 Å². The third kappa shape index (κ3) is 3.01. The summed E-state index contributed by atoms with van der Waals surface area (Å²) < 4.78 is 18.9. The topological polar surface area (TPSA) is 67.0 Å². The van der Waals surface area contributed by atoms with Gasteiger partial charge in [0.1, 0.15) is 11.1 Å². The lowest BCUT2D eigenvalue weighted by Gasteiger charge is -2.19. The van der Waals surface area contributed by atoms with Crippen molar-refractivity contribution in [3.8, 4) is 0 Å². The fourth-order valence-electron chi connectivity index (χ4n) is 1.69. The second-order valence-corrected chi connectivity index (χ2v) is 5.33. The summed E-state index contributed by atoms with van der Waals surface area (Å²) >= 11 is 0. The molecule has 1 amide bonds. The van der Waals surface area contributed by atoms with Crippen LogP contribution in [-0.4, -0.2) is 21.9 Å². The van der Waals surface area contributed by atoms with Gasteiger partial charge in [-0.25, -0.2) is 9.18 Å². The number of aromatic amines is 1. The molecule has 2 rings (SSSR count). The van der Waals surface area contributed by atoms with E-state index in [0.717, 1.165) is 5.69 Å². The van der Waals surface area contributed by atoms with Crippen LogP contribution in [0.5, 0.6) is 0 Å². The number of halogens is 1. The Balaban J connectivity index is 2.26. The third-order valence-corrected chi connectivity index (χ3v) is 2.45. The Labute approximate surface area is 110 Å². The third-order valence-electron chi connectivity index (χ3n) is 2.45. The molecule has 0 saturated heterocycles. The number of aromatic nitrogens is 2. The van der Waals surface area contributed by atoms with E-state index in [-0.39, 0.29) is 5.52 Å². The van der Waals surface area contributed by atoms with Gasteiger partial charge in [-0.2, -0.15) is 5.10 Å². The second-order valence-electron chi connectivity index (χ2n) is 5.33. The normalized spacial score (nSPS) is 11.6. The van der Waals surface area contributed by atoms with Gasteiger partial charge in [-0.05, 0) is 39.8 Å². The SMILES string of the molecule is Cc1[nH]nc2c(F)cc(NC(=O)OC(C)(C)C)cc12. The van der Waals surface area contributed by atoms with E-state index in [4.69, 9.17) is 4.74 Å². The van der Waals surface area contributed by atoms with Gasteiger partial charge in [0.25, 0.3) is 0 Å². The molecule has 102 valence electrons. The van der Waals surface area contributed by atoms with Crippen molar-refractivity contribution >= 4 is 22.7 Å². The minimum absolute atomic E-state index is 0.257. The minimum Gasteiger partial charge on any atom is -0.444 e. The molecule has 0 unspecified atom stereocenters. The maximum absolute atomic E-state index is 13.8. The Morgan fingerprint density at radius 2 is 2.11 bits per heavy atom. The Bertz CT molecular complexity index is 629. The zero-order valence-corrected chi connectivity index (χ0v) is 11.3. The number of nitrogens with one attached hydrogen (secondary N) is 2. The zero-order chi connectivity index (χ0) is 14.2. The summed E-state index contributed by atoms with van der Waals surface area (Å²) in [5, 5.41) is 9.69. The molecule has 0 fully saturated rings. The highest BCUT2D eigenvalue weighted by Gasteiger charge is 2.17. The summed E-state index contributed by atoms with van der Waals surface area (Å²) in [4.78, 5) is 11.6. The van der Waals surface area contributed by atoms with Crippen molar-refractivity contribution in [2.75, 3.05) is 5.32 Å². The highest BCUT2D eigenvalue weighted by Crippen LogP contribution is 2.23. The van der Waals surface area contributed by atoms with E-state index in [1.807, 2.05) is 0 Å². The van der Waals surface area contributed by atoms with E-state index in [0.29, 0.717) is 11.1 Å². The van der Waals surface area contributed by atoms with Crippen molar-refractivity contribution in [3.05, 3.63) is 23.6 Å². The first-order valence-electron chi connectivity index (χ1n) is 5.90. The van der Waals surface area contributed by atoms with E-state index in [1.165, 1.54) is 6.07 Å². The Kier molecular flexibility index (Phi) is 3.18. The lowest BCUT2D eigenvalue weighted by molar-refractivity contribution is 0.0636. The summed E-state index contributed by atoms with van der Waals surface area (Å²) in [6.45, 7) is 7.07. The first kappa shape index (κ1) is 13.3. The number of hydrogen-bond donors (Lipinski definition) is 2. The number of carbonyl (C=O) groups is 1. The van der Waals surface area contributed by atoms with Crippen LogP contribution < -0.4 is 5.32 Å². The van der Waals surface area contributed by atoms with Crippen molar-refractivity contribution < 1.29 is 13.9 Å². The predicted octanol–water partition coefficient (Wildman–Crippen LogP) is 3.36. The molecule has 2 N–H and O–H groups in total. The second kappa shape index (κ2) is 4.53. The quantitative estimate of drug-likeness (QED) is 0.830. The lowest BCUT2D eigenvalue weighted by atomic mass is 10.2. The van der Waals surface area contributed by atoms with Crippen LogP contribution in [-0.2, 0) is 4.74 Å². The predicted molar refractivity (Wildman–Crippen MR) is 70.6 cm³/mol. The molecule has 5 nitrogen and oxygen atoms in total. The number of aryl methyl sites for hydroxylation is 1. The van der Waals surface area contributed by atoms with Gasteiger partial charge in [0.15, 0.2) is 5.82 Å². The van der Waals surface area contributed by atoms with Crippen molar-refractivity contribution in [1.82, 2.24) is 10.2 Å². The number of rotatable bonds is 1. The monoisotopic (exact) mass is 265 g/mol. The number of amides is 1. The molecule has 0 saturated carbocycles. The number of nitrogens with zero attached hydrogens (tertiary/aromatic N) is 1. The fraction of sp³-hybridized carbons (Fsp3) is 0.385. The van der Waals surface area contributed by atoms with E-state index in [2.05, 4.69) is 15.5 Å². The number of hydrogen-bond acceptors (Lipinski definition) is 3. The van der Waals surface area contributed by atoms with Gasteiger partial charge in [0.2, 0.25) is 0 Å². The molecule has 0 atom stereocenters. The van der Waals surface area contributed by atoms with Crippen molar-refractivity contribution in [1.29, 1.82) is 0 Å². The Morgan fingerprint density at radius 3 is 2.74 bits per heavy atom. The van der Waals surface area contributed by atoms with Gasteiger partial charge in [-0.15, -0.1) is 0 Å². The van der Waals surface area contributed by atoms with Crippen LogP contribution in [0.25, 0.3) is 10.9 Å². The maximum Gasteiger partial charge on any atom is 0.412 e. The number of fused-ring (bicyclic) bond motifs is 1. The standard InChI is InChI=1S/C13H16FN3O2/c1-7-9-5-8(6-10(14)11(9)17-16-7)15-12(18)19-13(2,3)4/h5-6H,1-4H3,(H,15,18)(H,16,17). The van der Waals surface area contributed by atoms with Gasteiger partial charge >= 0.3 is 6.09 Å². The molecule has 1 aromatic carbocycles. The summed E-state index contributed by atoms with van der Waals surface area (Å²) in [7, 11) is 0. The molecular formula is C13H16FN3O2. The van der Waals surface area contributed by atoms with E-state index in [9.17, 15) is 9.18 Å². The van der Waals surface area contributed by atoms with E-state index >= 15 is 0 Å². The molecule has 0 aliphatic carbocycles. The van der Waals surface area contributed by atoms with Crippen LogP contribution in [0.4, 0.5) is 14.9 Å². The van der Waals surface area contributed by atoms with Gasteiger partial charge in [-0.3, -0.25) is 10.4 Å². The molecule has 2 aromatic rings. The van der Waals surface area contributed by atoms with Crippen molar-refractivity contribution in [2.45, 2.75) is 33.3 Å². The van der Waals surface area contributed by atoms with Crippen LogP contribution in [0.1, 0.15) is 26.5 Å².